The largest absolute Gasteiger partial charge is 0.350 e. The summed E-state index contributed by atoms with van der Waals surface area (Å²) >= 11 is 1.57. The van der Waals surface area contributed by atoms with Gasteiger partial charge in [0, 0.05) is 29.7 Å². The fourth-order valence-electron chi connectivity index (χ4n) is 3.01. The van der Waals surface area contributed by atoms with E-state index in [1.165, 1.54) is 5.56 Å². The molecular weight excluding hydrogens is 360 g/mol. The number of amides is 2. The van der Waals surface area contributed by atoms with Gasteiger partial charge in [0.15, 0.2) is 5.78 Å². The van der Waals surface area contributed by atoms with Crippen LogP contribution in [0.15, 0.2) is 24.3 Å². The first-order chi connectivity index (χ1) is 12.7. The molecule has 6 heteroatoms. The van der Waals surface area contributed by atoms with Crippen LogP contribution in [0, 0.1) is 0 Å². The lowest BCUT2D eigenvalue weighted by Gasteiger charge is -2.27. The Labute approximate surface area is 166 Å². The molecule has 1 unspecified atom stereocenters. The van der Waals surface area contributed by atoms with Gasteiger partial charge >= 0.3 is 0 Å². The predicted molar refractivity (Wildman–Crippen MR) is 110 cm³/mol. The van der Waals surface area contributed by atoms with Crippen molar-refractivity contribution in [3.05, 3.63) is 35.4 Å². The van der Waals surface area contributed by atoms with Crippen LogP contribution in [0.25, 0.3) is 0 Å². The molecule has 0 saturated carbocycles. The van der Waals surface area contributed by atoms with Crippen LogP contribution in [-0.4, -0.2) is 45.7 Å². The van der Waals surface area contributed by atoms with Gasteiger partial charge < -0.3 is 10.2 Å². The van der Waals surface area contributed by atoms with E-state index in [0.717, 1.165) is 12.8 Å². The molecule has 2 rings (SSSR count). The summed E-state index contributed by atoms with van der Waals surface area (Å²) in [6.07, 6.45) is 2.37. The third-order valence-corrected chi connectivity index (χ3v) is 5.40. The first-order valence-electron chi connectivity index (χ1n) is 9.52. The van der Waals surface area contributed by atoms with Gasteiger partial charge in [-0.2, -0.15) is 0 Å². The number of Topliss-reactive ketones (excluding diaryl/α,β-unsaturated/α-hetero) is 1. The molecule has 148 valence electrons. The van der Waals surface area contributed by atoms with Crippen LogP contribution in [-0.2, 0) is 16.0 Å². The molecule has 0 aromatic heterocycles. The second-order valence-corrected chi connectivity index (χ2v) is 8.99. The van der Waals surface area contributed by atoms with Crippen LogP contribution in [0.1, 0.15) is 62.9 Å². The molecule has 2 amide bonds. The molecule has 1 heterocycles. The van der Waals surface area contributed by atoms with Crippen LogP contribution in [0.2, 0.25) is 0 Å². The van der Waals surface area contributed by atoms with E-state index < -0.39 is 6.04 Å². The molecule has 1 aromatic rings. The number of rotatable bonds is 7. The Morgan fingerprint density at radius 1 is 1.15 bits per heavy atom. The predicted octanol–water partition coefficient (Wildman–Crippen LogP) is 3.42. The molecule has 27 heavy (non-hydrogen) atoms. The first-order valence-corrected chi connectivity index (χ1v) is 10.7. The molecule has 1 saturated heterocycles. The van der Waals surface area contributed by atoms with Gasteiger partial charge in [-0.05, 0) is 32.8 Å². The summed E-state index contributed by atoms with van der Waals surface area (Å²) < 4.78 is 0. The number of carbonyl (C=O) groups excluding carboxylic acids is 3. The number of hydrogen-bond acceptors (Lipinski definition) is 4. The zero-order valence-corrected chi connectivity index (χ0v) is 17.5. The lowest BCUT2D eigenvalue weighted by atomic mass is 10.0. The van der Waals surface area contributed by atoms with Crippen LogP contribution < -0.4 is 5.32 Å². The van der Waals surface area contributed by atoms with Crippen molar-refractivity contribution >= 4 is 29.4 Å². The summed E-state index contributed by atoms with van der Waals surface area (Å²) in [4.78, 5) is 39.0. The Balaban J connectivity index is 1.90. The van der Waals surface area contributed by atoms with Crippen LogP contribution in [0.5, 0.6) is 0 Å². The van der Waals surface area contributed by atoms with E-state index in [4.69, 9.17) is 0 Å². The molecule has 1 N–H and O–H groups in total. The van der Waals surface area contributed by atoms with Gasteiger partial charge in [-0.1, -0.05) is 37.6 Å². The maximum absolute atomic E-state index is 12.6. The number of carbonyl (C=O) groups is 3. The quantitative estimate of drug-likeness (QED) is 0.725. The number of nitrogens with one attached hydrogen (secondary N) is 1. The fourth-order valence-corrected chi connectivity index (χ4v) is 4.19. The average molecular weight is 391 g/mol. The summed E-state index contributed by atoms with van der Waals surface area (Å²) in [5.41, 5.74) is 1.52. The number of aryl methyl sites for hydroxylation is 1. The number of benzene rings is 1. The van der Waals surface area contributed by atoms with E-state index >= 15 is 0 Å². The van der Waals surface area contributed by atoms with E-state index in [-0.39, 0.29) is 36.0 Å². The molecular formula is C21H30N2O3S. The average Bonchev–Trinajstić information content (AvgIpc) is 3.09. The highest BCUT2D eigenvalue weighted by atomic mass is 32.2. The van der Waals surface area contributed by atoms with Crippen molar-refractivity contribution < 1.29 is 14.4 Å². The lowest BCUT2D eigenvalue weighted by molar-refractivity contribution is -0.138. The van der Waals surface area contributed by atoms with Crippen LogP contribution in [0.4, 0.5) is 0 Å². The summed E-state index contributed by atoms with van der Waals surface area (Å²) in [6.45, 7) is 7.88. The third-order valence-electron chi connectivity index (χ3n) is 4.38. The topological polar surface area (TPSA) is 66.5 Å². The molecule has 0 spiro atoms. The molecule has 1 atom stereocenters. The second kappa shape index (κ2) is 9.40. The molecule has 0 aliphatic carbocycles. The summed E-state index contributed by atoms with van der Waals surface area (Å²) in [7, 11) is 0. The lowest BCUT2D eigenvalue weighted by Crippen LogP contribution is -2.52. The minimum atomic E-state index is -0.454. The smallest absolute Gasteiger partial charge is 0.244 e. The van der Waals surface area contributed by atoms with Crippen molar-refractivity contribution in [2.24, 2.45) is 0 Å². The SMILES string of the molecule is CCCc1ccc(C(=O)CCC(=O)N2CSCC2C(=O)NC(C)(C)C)cc1. The molecule has 1 aromatic carbocycles. The Kier molecular flexibility index (Phi) is 7.48. The van der Waals surface area contributed by atoms with Crippen LogP contribution >= 0.6 is 11.8 Å². The van der Waals surface area contributed by atoms with E-state index in [0.29, 0.717) is 17.2 Å². The Morgan fingerprint density at radius 3 is 2.41 bits per heavy atom. The summed E-state index contributed by atoms with van der Waals surface area (Å²) in [6, 6.07) is 7.17. The summed E-state index contributed by atoms with van der Waals surface area (Å²) in [5, 5.41) is 2.94. The fraction of sp³-hybridized carbons (Fsp3) is 0.571. The molecule has 1 aliphatic rings. The minimum absolute atomic E-state index is 0.0334. The van der Waals surface area contributed by atoms with Gasteiger partial charge in [-0.15, -0.1) is 11.8 Å². The molecule has 1 aliphatic heterocycles. The monoisotopic (exact) mass is 390 g/mol. The minimum Gasteiger partial charge on any atom is -0.350 e. The van der Waals surface area contributed by atoms with Crippen LogP contribution in [0.3, 0.4) is 0 Å². The standard InChI is InChI=1S/C21H30N2O3S/c1-5-6-15-7-9-16(10-8-15)18(24)11-12-19(25)23-14-27-13-17(23)20(26)22-21(2,3)4/h7-10,17H,5-6,11-14H2,1-4H3,(H,22,26). The van der Waals surface area contributed by atoms with Crippen molar-refractivity contribution in [2.75, 3.05) is 11.6 Å². The molecule has 5 nitrogen and oxygen atoms in total. The molecule has 0 radical (unpaired) electrons. The third kappa shape index (κ3) is 6.38. The van der Waals surface area contributed by atoms with Crippen molar-refractivity contribution in [1.29, 1.82) is 0 Å². The molecule has 0 bridgehead atoms. The summed E-state index contributed by atoms with van der Waals surface area (Å²) in [5.74, 6) is 0.805. The van der Waals surface area contributed by atoms with Gasteiger partial charge in [0.1, 0.15) is 6.04 Å². The Morgan fingerprint density at radius 2 is 1.81 bits per heavy atom. The van der Waals surface area contributed by atoms with Gasteiger partial charge in [0.05, 0.1) is 5.88 Å². The first kappa shape index (κ1) is 21.5. The maximum atomic E-state index is 12.6. The number of ketones is 1. The van der Waals surface area contributed by atoms with Crippen molar-refractivity contribution in [1.82, 2.24) is 10.2 Å². The second-order valence-electron chi connectivity index (χ2n) is 7.99. The highest BCUT2D eigenvalue weighted by Crippen LogP contribution is 2.23. The maximum Gasteiger partial charge on any atom is 0.244 e. The van der Waals surface area contributed by atoms with Gasteiger partial charge in [-0.25, -0.2) is 0 Å². The van der Waals surface area contributed by atoms with Crippen molar-refractivity contribution in [3.8, 4) is 0 Å². The highest BCUT2D eigenvalue weighted by molar-refractivity contribution is 7.99. The zero-order chi connectivity index (χ0) is 20.0. The van der Waals surface area contributed by atoms with E-state index in [9.17, 15) is 14.4 Å². The van der Waals surface area contributed by atoms with Gasteiger partial charge in [0.2, 0.25) is 11.8 Å². The Hall–Kier alpha value is -1.82. The van der Waals surface area contributed by atoms with Gasteiger partial charge in [-0.3, -0.25) is 14.4 Å². The normalized spacial score (nSPS) is 17.0. The number of hydrogen-bond donors (Lipinski definition) is 1. The van der Waals surface area contributed by atoms with E-state index in [2.05, 4.69) is 12.2 Å². The Bertz CT molecular complexity index is 680. The van der Waals surface area contributed by atoms with Crippen molar-refractivity contribution in [3.63, 3.8) is 0 Å². The number of thioether (sulfide) groups is 1. The van der Waals surface area contributed by atoms with E-state index in [1.807, 2.05) is 45.0 Å². The van der Waals surface area contributed by atoms with E-state index in [1.54, 1.807) is 16.7 Å². The number of nitrogens with zero attached hydrogens (tertiary/aromatic N) is 1. The molecule has 1 fully saturated rings. The highest BCUT2D eigenvalue weighted by Gasteiger charge is 2.35. The zero-order valence-electron chi connectivity index (χ0n) is 16.7. The van der Waals surface area contributed by atoms with Crippen molar-refractivity contribution in [2.45, 2.75) is 65.0 Å². The van der Waals surface area contributed by atoms with Gasteiger partial charge in [0.25, 0.3) is 0 Å².